The van der Waals surface area contributed by atoms with E-state index in [1.165, 1.54) is 520 Å². The first-order chi connectivity index (χ1) is 49.2. The molecule has 2 aliphatic rings. The molecular weight excluding hydrogens is 1210 g/mol. The van der Waals surface area contributed by atoms with Crippen LogP contribution in [0.4, 0.5) is 0 Å². The fourth-order valence-electron chi connectivity index (χ4n) is 19.8. The highest BCUT2D eigenvalue weighted by Gasteiger charge is 2.53. The summed E-state index contributed by atoms with van der Waals surface area (Å²) in [5.41, 5.74) is 7.31. The molecule has 100 heavy (non-hydrogen) atoms. The number of rotatable bonds is 80. The molecule has 0 aromatic carbocycles. The first-order valence-corrected chi connectivity index (χ1v) is 48.3. The van der Waals surface area contributed by atoms with Crippen molar-refractivity contribution >= 4 is 0 Å². The molecule has 0 atom stereocenters. The van der Waals surface area contributed by atoms with Gasteiger partial charge in [-0.25, -0.2) is 0 Å². The van der Waals surface area contributed by atoms with Crippen molar-refractivity contribution in [1.29, 1.82) is 0 Å². The monoisotopic (exact) mass is 1400 g/mol. The van der Waals surface area contributed by atoms with Crippen molar-refractivity contribution in [2.24, 2.45) is 5.73 Å². The molecule has 0 aromatic rings. The van der Waals surface area contributed by atoms with Crippen LogP contribution >= 0.6 is 0 Å². The van der Waals surface area contributed by atoms with E-state index in [4.69, 9.17) is 16.4 Å². The summed E-state index contributed by atoms with van der Waals surface area (Å²) in [6.07, 6.45) is 114. The number of piperidine rings is 2. The molecule has 0 saturated carbocycles. The van der Waals surface area contributed by atoms with Crippen LogP contribution in [0.15, 0.2) is 0 Å². The minimum Gasteiger partial charge on any atom is -0.330 e. The number of hydrogen-bond donors (Lipinski definition) is 3. The second-order valence-corrected chi connectivity index (χ2v) is 35.7. The standard InChI is InChI=1S/C96H194N4/c1-9-17-25-33-41-49-57-67-77-93(78-68-58-50-42-34-26-18-10-2)87-91(88-94(98-93,79-69-59-51-43-35-27-19-11-3)80-70-60-52-44-36-28-20-12-4)100(86-76-66-65-75-85-97)92-89-95(81-71-61-53-45-37-29-21-13-5,82-72-62-54-46-38-30-22-14-6)99-96(90-92,83-73-63-55-47-39-31-23-15-7)84-74-64-56-48-40-32-24-16-8/h91-92,98-99H,9-90,97H2,1-8H3. The lowest BCUT2D eigenvalue weighted by atomic mass is 9.65. The Hall–Kier alpha value is -0.160. The number of hydrogen-bond acceptors (Lipinski definition) is 4. The van der Waals surface area contributed by atoms with E-state index in [-0.39, 0.29) is 22.2 Å². The predicted molar refractivity (Wildman–Crippen MR) is 455 cm³/mol. The zero-order valence-electron chi connectivity index (χ0n) is 71.2. The molecule has 2 saturated heterocycles. The van der Waals surface area contributed by atoms with Crippen molar-refractivity contribution in [3.63, 3.8) is 0 Å². The van der Waals surface area contributed by atoms with E-state index in [9.17, 15) is 0 Å². The number of nitrogens with two attached hydrogens (primary N) is 1. The van der Waals surface area contributed by atoms with Crippen molar-refractivity contribution in [3.8, 4) is 0 Å². The maximum atomic E-state index is 6.39. The highest BCUT2D eigenvalue weighted by molar-refractivity contribution is 5.12. The Labute approximate surface area is 634 Å². The van der Waals surface area contributed by atoms with Gasteiger partial charge in [0.2, 0.25) is 0 Å². The molecule has 4 N–H and O–H groups in total. The van der Waals surface area contributed by atoms with Crippen LogP contribution in [0.1, 0.15) is 569 Å². The number of nitrogens with zero attached hydrogens (tertiary/aromatic N) is 1. The molecule has 4 heteroatoms. The SMILES string of the molecule is CCCCCCCCCCC1(CCCCCCCCCC)CC(N(CCCCCCN)C2CC(CCCCCCCCCC)(CCCCCCCCCC)NC(CCCCCCCCCC)(CCCCCCCCCC)C2)CC(CCCCCCCCCC)(CCCCCCCCCC)N1. The molecule has 0 spiro atoms. The van der Waals surface area contributed by atoms with E-state index in [0.29, 0.717) is 12.1 Å². The molecule has 2 heterocycles. The first-order valence-electron chi connectivity index (χ1n) is 48.3. The summed E-state index contributed by atoms with van der Waals surface area (Å²) in [6, 6.07) is 1.33. The lowest BCUT2D eigenvalue weighted by Crippen LogP contribution is -2.70. The second-order valence-electron chi connectivity index (χ2n) is 35.7. The summed E-state index contributed by atoms with van der Waals surface area (Å²) in [5, 5.41) is 10.3. The molecule has 2 aliphatic heterocycles. The average molecular weight is 1400 g/mol. The summed E-state index contributed by atoms with van der Waals surface area (Å²) >= 11 is 0. The largest absolute Gasteiger partial charge is 0.330 e. The Kier molecular flexibility index (Phi) is 66.5. The summed E-state index contributed by atoms with van der Waals surface area (Å²) in [5.74, 6) is 0. The molecule has 2 rings (SSSR count). The quantitative estimate of drug-likeness (QED) is 0.0531. The highest BCUT2D eigenvalue weighted by Crippen LogP contribution is 2.48. The van der Waals surface area contributed by atoms with Gasteiger partial charge in [0.15, 0.2) is 0 Å². The maximum Gasteiger partial charge on any atom is 0.0201 e. The van der Waals surface area contributed by atoms with Crippen LogP contribution in [0.2, 0.25) is 0 Å². The molecule has 598 valence electrons. The van der Waals surface area contributed by atoms with Gasteiger partial charge in [0.1, 0.15) is 0 Å². The topological polar surface area (TPSA) is 53.3 Å². The third kappa shape index (κ3) is 50.5. The molecule has 0 bridgehead atoms. The van der Waals surface area contributed by atoms with E-state index in [2.05, 4.69) is 60.3 Å². The smallest absolute Gasteiger partial charge is 0.0201 e. The van der Waals surface area contributed by atoms with Crippen molar-refractivity contribution < 1.29 is 0 Å². The van der Waals surface area contributed by atoms with Gasteiger partial charge in [0.05, 0.1) is 0 Å². The third-order valence-electron chi connectivity index (χ3n) is 25.9. The molecule has 0 unspecified atom stereocenters. The second kappa shape index (κ2) is 69.3. The Morgan fingerprint density at radius 2 is 0.340 bits per heavy atom. The van der Waals surface area contributed by atoms with Gasteiger partial charge in [-0.1, -0.05) is 479 Å². The van der Waals surface area contributed by atoms with Crippen LogP contribution in [-0.4, -0.2) is 52.2 Å². The maximum absolute atomic E-state index is 6.39. The van der Waals surface area contributed by atoms with Gasteiger partial charge in [-0.3, -0.25) is 4.90 Å². The summed E-state index contributed by atoms with van der Waals surface area (Å²) in [4.78, 5) is 3.52. The Morgan fingerprint density at radius 3 is 0.500 bits per heavy atom. The molecule has 0 radical (unpaired) electrons. The first kappa shape index (κ1) is 95.9. The Balaban J connectivity index is 3.09. The zero-order chi connectivity index (χ0) is 72.1. The van der Waals surface area contributed by atoms with E-state index in [1.807, 2.05) is 0 Å². The number of unbranched alkanes of at least 4 members (excludes halogenated alkanes) is 59. The van der Waals surface area contributed by atoms with Crippen LogP contribution < -0.4 is 16.4 Å². The summed E-state index contributed by atoms with van der Waals surface area (Å²) < 4.78 is 0. The van der Waals surface area contributed by atoms with Crippen molar-refractivity contribution in [2.75, 3.05) is 13.1 Å². The molecule has 2 fully saturated rings. The van der Waals surface area contributed by atoms with Crippen LogP contribution in [-0.2, 0) is 0 Å². The highest BCUT2D eigenvalue weighted by atomic mass is 15.2. The van der Waals surface area contributed by atoms with Gasteiger partial charge in [0, 0.05) is 34.2 Å². The number of nitrogens with one attached hydrogen (secondary N) is 2. The van der Waals surface area contributed by atoms with Crippen LogP contribution in [0, 0.1) is 0 Å². The van der Waals surface area contributed by atoms with Gasteiger partial charge < -0.3 is 16.4 Å². The van der Waals surface area contributed by atoms with Crippen molar-refractivity contribution in [2.45, 2.75) is 603 Å². The lowest BCUT2D eigenvalue weighted by molar-refractivity contribution is -0.0409. The Morgan fingerprint density at radius 1 is 0.200 bits per heavy atom. The summed E-state index contributed by atoms with van der Waals surface area (Å²) in [6.45, 7) is 21.3. The zero-order valence-corrected chi connectivity index (χ0v) is 71.2. The fraction of sp³-hybridized carbons (Fsp3) is 1.00. The minimum atomic E-state index is 0.231. The average Bonchev–Trinajstić information content (AvgIpc) is 0.751. The fourth-order valence-corrected chi connectivity index (χ4v) is 19.8. The molecule has 0 amide bonds. The molecular formula is C96H194N4. The minimum absolute atomic E-state index is 0.231. The lowest BCUT2D eigenvalue weighted by Gasteiger charge is -2.60. The molecule has 0 aromatic heterocycles. The summed E-state index contributed by atoms with van der Waals surface area (Å²) in [7, 11) is 0. The van der Waals surface area contributed by atoms with Crippen LogP contribution in [0.5, 0.6) is 0 Å². The van der Waals surface area contributed by atoms with Crippen molar-refractivity contribution in [3.05, 3.63) is 0 Å². The van der Waals surface area contributed by atoms with Gasteiger partial charge in [-0.2, -0.15) is 0 Å². The molecule has 0 aliphatic carbocycles. The van der Waals surface area contributed by atoms with E-state index in [1.54, 1.807) is 0 Å². The van der Waals surface area contributed by atoms with E-state index >= 15 is 0 Å². The van der Waals surface area contributed by atoms with Gasteiger partial charge >= 0.3 is 0 Å². The Bertz CT molecular complexity index is 1330. The predicted octanol–water partition coefficient (Wildman–Crippen LogP) is 32.5. The van der Waals surface area contributed by atoms with Crippen molar-refractivity contribution in [1.82, 2.24) is 15.5 Å². The van der Waals surface area contributed by atoms with Gasteiger partial charge in [-0.15, -0.1) is 0 Å². The van der Waals surface area contributed by atoms with Gasteiger partial charge in [0.25, 0.3) is 0 Å². The third-order valence-corrected chi connectivity index (χ3v) is 25.9. The normalized spacial score (nSPS) is 16.3. The van der Waals surface area contributed by atoms with E-state index < -0.39 is 0 Å². The van der Waals surface area contributed by atoms with Crippen LogP contribution in [0.3, 0.4) is 0 Å². The van der Waals surface area contributed by atoms with Gasteiger partial charge in [-0.05, 0) is 103 Å². The molecule has 4 nitrogen and oxygen atoms in total. The van der Waals surface area contributed by atoms with Crippen LogP contribution in [0.25, 0.3) is 0 Å². The van der Waals surface area contributed by atoms with E-state index in [0.717, 1.165) is 6.54 Å².